The fraction of sp³-hybridized carbons (Fsp3) is 0.600. The van der Waals surface area contributed by atoms with E-state index in [-0.39, 0.29) is 5.83 Å². The summed E-state index contributed by atoms with van der Waals surface area (Å²) in [6.07, 6.45) is 3.49. The van der Waals surface area contributed by atoms with Gasteiger partial charge in [-0.3, -0.25) is 0 Å². The molecule has 0 N–H and O–H groups in total. The van der Waals surface area contributed by atoms with Gasteiger partial charge in [0.25, 0.3) is 0 Å². The number of halogens is 1. The summed E-state index contributed by atoms with van der Waals surface area (Å²) < 4.78 is 13.1. The second-order valence-corrected chi connectivity index (χ2v) is 3.52. The maximum absolute atomic E-state index is 13.1. The van der Waals surface area contributed by atoms with Crippen molar-refractivity contribution >= 4 is 0 Å². The van der Waals surface area contributed by atoms with Gasteiger partial charge < -0.3 is 0 Å². The zero-order valence-electron chi connectivity index (χ0n) is 7.28. The molecule has 1 heteroatoms. The summed E-state index contributed by atoms with van der Waals surface area (Å²) >= 11 is 0. The molecule has 0 saturated heterocycles. The number of hydrogen-bond acceptors (Lipinski definition) is 0. The monoisotopic (exact) mass is 154 g/mol. The van der Waals surface area contributed by atoms with Crippen LogP contribution >= 0.6 is 0 Å². The lowest BCUT2D eigenvalue weighted by atomic mass is 10.1. The fourth-order valence-electron chi connectivity index (χ4n) is 1.21. The summed E-state index contributed by atoms with van der Waals surface area (Å²) in [6, 6.07) is 0. The maximum Gasteiger partial charge on any atom is 0.124 e. The first-order chi connectivity index (χ1) is 5.11. The van der Waals surface area contributed by atoms with E-state index in [2.05, 4.69) is 6.58 Å². The molecule has 1 rings (SSSR count). The molecule has 0 aromatic heterocycles. The molecular formula is C10H15F. The Morgan fingerprint density at radius 3 is 2.36 bits per heavy atom. The minimum atomic E-state index is -0.0862. The van der Waals surface area contributed by atoms with Crippen LogP contribution in [-0.2, 0) is 0 Å². The first-order valence-electron chi connectivity index (χ1n) is 4.12. The Kier molecular flexibility index (Phi) is 2.48. The Balaban J connectivity index is 2.52. The Morgan fingerprint density at radius 1 is 1.45 bits per heavy atom. The highest BCUT2D eigenvalue weighted by Crippen LogP contribution is 2.36. The van der Waals surface area contributed by atoms with Crippen LogP contribution in [0, 0.1) is 5.92 Å². The van der Waals surface area contributed by atoms with Crippen molar-refractivity contribution in [2.75, 3.05) is 0 Å². The number of hydrogen-bond donors (Lipinski definition) is 0. The summed E-state index contributed by atoms with van der Waals surface area (Å²) in [5.41, 5.74) is 1.43. The van der Waals surface area contributed by atoms with Gasteiger partial charge in [-0.15, -0.1) is 0 Å². The lowest BCUT2D eigenvalue weighted by Crippen LogP contribution is -1.85. The molecule has 11 heavy (non-hydrogen) atoms. The highest BCUT2D eigenvalue weighted by molar-refractivity contribution is 5.25. The molecule has 1 saturated carbocycles. The van der Waals surface area contributed by atoms with E-state index in [0.29, 0.717) is 5.57 Å². The Hall–Kier alpha value is -0.590. The Bertz CT molecular complexity index is 197. The first kappa shape index (κ1) is 8.51. The summed E-state index contributed by atoms with van der Waals surface area (Å²) in [5.74, 6) is 0.678. The predicted molar refractivity (Wildman–Crippen MR) is 46.0 cm³/mol. The average Bonchev–Trinajstić information content (AvgIpc) is 2.69. The topological polar surface area (TPSA) is 0 Å². The molecule has 1 aliphatic rings. The molecule has 1 aliphatic carbocycles. The molecule has 1 fully saturated rings. The largest absolute Gasteiger partial charge is 0.207 e. The number of allylic oxidation sites excluding steroid dienone is 3. The van der Waals surface area contributed by atoms with Gasteiger partial charge in [0, 0.05) is 0 Å². The van der Waals surface area contributed by atoms with Crippen LogP contribution < -0.4 is 0 Å². The highest BCUT2D eigenvalue weighted by atomic mass is 19.1. The van der Waals surface area contributed by atoms with Crippen LogP contribution in [0.2, 0.25) is 0 Å². The lowest BCUT2D eigenvalue weighted by molar-refractivity contribution is 0.623. The molecule has 0 bridgehead atoms. The molecule has 0 aromatic carbocycles. The van der Waals surface area contributed by atoms with Crippen molar-refractivity contribution in [1.29, 1.82) is 0 Å². The van der Waals surface area contributed by atoms with Gasteiger partial charge in [-0.05, 0) is 50.2 Å². The zero-order chi connectivity index (χ0) is 8.43. The van der Waals surface area contributed by atoms with Crippen molar-refractivity contribution in [3.63, 3.8) is 0 Å². The molecule has 0 heterocycles. The van der Waals surface area contributed by atoms with Crippen LogP contribution in [0.3, 0.4) is 0 Å². The quantitative estimate of drug-likeness (QED) is 0.545. The molecular weight excluding hydrogens is 139 g/mol. The minimum absolute atomic E-state index is 0.0862. The van der Waals surface area contributed by atoms with E-state index in [1.165, 1.54) is 12.8 Å². The van der Waals surface area contributed by atoms with Crippen molar-refractivity contribution < 1.29 is 4.39 Å². The van der Waals surface area contributed by atoms with E-state index >= 15 is 0 Å². The average molecular weight is 154 g/mol. The van der Waals surface area contributed by atoms with E-state index in [4.69, 9.17) is 0 Å². The molecule has 0 amide bonds. The second kappa shape index (κ2) is 3.21. The van der Waals surface area contributed by atoms with Crippen LogP contribution in [0.1, 0.15) is 33.1 Å². The zero-order valence-corrected chi connectivity index (χ0v) is 7.28. The lowest BCUT2D eigenvalue weighted by Gasteiger charge is -2.01. The third kappa shape index (κ3) is 2.49. The summed E-state index contributed by atoms with van der Waals surface area (Å²) in [4.78, 5) is 0. The van der Waals surface area contributed by atoms with Crippen LogP contribution in [0.25, 0.3) is 0 Å². The molecule has 0 spiro atoms. The van der Waals surface area contributed by atoms with Crippen molar-refractivity contribution in [1.82, 2.24) is 0 Å². The van der Waals surface area contributed by atoms with Gasteiger partial charge >= 0.3 is 0 Å². The standard InChI is InChI=1S/C10H15F/c1-7(2)10(11)8(3)6-9-4-5-9/h9H,1,4-6H2,2-3H3/b10-8-. The third-order valence-electron chi connectivity index (χ3n) is 2.04. The Morgan fingerprint density at radius 2 is 2.00 bits per heavy atom. The van der Waals surface area contributed by atoms with Crippen LogP contribution in [0.5, 0.6) is 0 Å². The smallest absolute Gasteiger partial charge is 0.124 e. The Labute approximate surface area is 67.8 Å². The van der Waals surface area contributed by atoms with Crippen molar-refractivity contribution in [2.24, 2.45) is 5.92 Å². The minimum Gasteiger partial charge on any atom is -0.207 e. The second-order valence-electron chi connectivity index (χ2n) is 3.52. The molecule has 62 valence electrons. The van der Waals surface area contributed by atoms with Crippen molar-refractivity contribution in [3.05, 3.63) is 23.6 Å². The van der Waals surface area contributed by atoms with Crippen molar-refractivity contribution in [2.45, 2.75) is 33.1 Å². The van der Waals surface area contributed by atoms with Crippen LogP contribution in [0.4, 0.5) is 4.39 Å². The third-order valence-corrected chi connectivity index (χ3v) is 2.04. The maximum atomic E-state index is 13.1. The first-order valence-corrected chi connectivity index (χ1v) is 4.12. The molecule has 0 nitrogen and oxygen atoms in total. The molecule has 0 radical (unpaired) electrons. The summed E-state index contributed by atoms with van der Waals surface area (Å²) in [5, 5.41) is 0. The van der Waals surface area contributed by atoms with E-state index < -0.39 is 0 Å². The van der Waals surface area contributed by atoms with Gasteiger partial charge in [0.1, 0.15) is 5.83 Å². The van der Waals surface area contributed by atoms with Gasteiger partial charge in [0.05, 0.1) is 0 Å². The van der Waals surface area contributed by atoms with Gasteiger partial charge in [-0.1, -0.05) is 6.58 Å². The SMILES string of the molecule is C=C(C)/C(F)=C(\C)CC1CC1. The van der Waals surface area contributed by atoms with E-state index in [0.717, 1.165) is 17.9 Å². The normalized spacial score (nSPS) is 19.5. The highest BCUT2D eigenvalue weighted by Gasteiger charge is 2.22. The van der Waals surface area contributed by atoms with Gasteiger partial charge in [-0.2, -0.15) is 0 Å². The fourth-order valence-corrected chi connectivity index (χ4v) is 1.21. The molecule has 0 aromatic rings. The summed E-state index contributed by atoms with van der Waals surface area (Å²) in [6.45, 7) is 7.15. The van der Waals surface area contributed by atoms with Gasteiger partial charge in [0.2, 0.25) is 0 Å². The predicted octanol–water partition coefficient (Wildman–Crippen LogP) is 3.61. The molecule has 0 aliphatic heterocycles. The van der Waals surface area contributed by atoms with E-state index in [9.17, 15) is 4.39 Å². The number of rotatable bonds is 3. The van der Waals surface area contributed by atoms with Crippen LogP contribution in [0.15, 0.2) is 23.6 Å². The molecule has 0 unspecified atom stereocenters. The van der Waals surface area contributed by atoms with Crippen molar-refractivity contribution in [3.8, 4) is 0 Å². The molecule has 0 atom stereocenters. The van der Waals surface area contributed by atoms with Gasteiger partial charge in [-0.25, -0.2) is 4.39 Å². The van der Waals surface area contributed by atoms with E-state index in [1.807, 2.05) is 6.92 Å². The van der Waals surface area contributed by atoms with Gasteiger partial charge in [0.15, 0.2) is 0 Å². The summed E-state index contributed by atoms with van der Waals surface area (Å²) in [7, 11) is 0. The van der Waals surface area contributed by atoms with Crippen LogP contribution in [-0.4, -0.2) is 0 Å². The van der Waals surface area contributed by atoms with E-state index in [1.54, 1.807) is 6.92 Å².